The second kappa shape index (κ2) is 8.07. The van der Waals surface area contributed by atoms with E-state index in [0.29, 0.717) is 5.17 Å². The summed E-state index contributed by atoms with van der Waals surface area (Å²) in [6, 6.07) is 13.4. The zero-order valence-electron chi connectivity index (χ0n) is 17.3. The molecule has 2 aliphatic rings. The quantitative estimate of drug-likeness (QED) is 0.784. The number of carbonyl (C=O) groups excluding carboxylic acids is 1. The first-order valence-corrected chi connectivity index (χ1v) is 12.7. The van der Waals surface area contributed by atoms with Crippen molar-refractivity contribution in [1.82, 2.24) is 0 Å². The van der Waals surface area contributed by atoms with Crippen molar-refractivity contribution in [2.75, 3.05) is 27.5 Å². The molecule has 0 bridgehead atoms. The molecule has 2 heterocycles. The lowest BCUT2D eigenvalue weighted by Gasteiger charge is -2.26. The highest BCUT2D eigenvalue weighted by molar-refractivity contribution is 8.14. The van der Waals surface area contributed by atoms with Gasteiger partial charge in [-0.25, -0.2) is 8.42 Å². The number of rotatable bonds is 4. The molecule has 2 aromatic rings. The third-order valence-electron chi connectivity index (χ3n) is 5.50. The number of benzene rings is 2. The fourth-order valence-corrected chi connectivity index (χ4v) is 6.72. The minimum atomic E-state index is -3.10. The number of anilines is 2. The topological polar surface area (TPSA) is 78.8 Å². The average Bonchev–Trinajstić information content (AvgIpc) is 3.15. The number of aliphatic imine (C=N–C) groups is 1. The third kappa shape index (κ3) is 4.25. The fraction of sp³-hybridized carbons (Fsp3) is 0.364. The molecular weight excluding hydrogens is 418 g/mol. The lowest BCUT2D eigenvalue weighted by molar-refractivity contribution is -0.113. The van der Waals surface area contributed by atoms with Crippen molar-refractivity contribution in [1.29, 1.82) is 0 Å². The van der Waals surface area contributed by atoms with E-state index < -0.39 is 9.84 Å². The molecule has 2 atom stereocenters. The van der Waals surface area contributed by atoms with Crippen LogP contribution < -0.4 is 10.2 Å². The Balaban J connectivity index is 1.51. The highest BCUT2D eigenvalue weighted by Crippen LogP contribution is 2.35. The predicted octanol–water partition coefficient (Wildman–Crippen LogP) is 3.33. The lowest BCUT2D eigenvalue weighted by atomic mass is 10.1. The molecule has 1 N–H and O–H groups in total. The minimum absolute atomic E-state index is 0.0681. The second-order valence-electron chi connectivity index (χ2n) is 7.93. The molecule has 1 amide bonds. The highest BCUT2D eigenvalue weighted by atomic mass is 32.2. The van der Waals surface area contributed by atoms with Crippen molar-refractivity contribution in [3.8, 4) is 0 Å². The van der Waals surface area contributed by atoms with E-state index in [1.807, 2.05) is 68.1 Å². The van der Waals surface area contributed by atoms with Gasteiger partial charge in [0.05, 0.1) is 29.3 Å². The van der Waals surface area contributed by atoms with Gasteiger partial charge < -0.3 is 10.2 Å². The van der Waals surface area contributed by atoms with Crippen molar-refractivity contribution < 1.29 is 13.2 Å². The summed E-state index contributed by atoms with van der Waals surface area (Å²) >= 11 is 1.36. The van der Waals surface area contributed by atoms with E-state index in [4.69, 9.17) is 0 Å². The Morgan fingerprint density at radius 2 is 1.77 bits per heavy atom. The van der Waals surface area contributed by atoms with Gasteiger partial charge in [-0.15, -0.1) is 0 Å². The Morgan fingerprint density at radius 3 is 2.43 bits per heavy atom. The van der Waals surface area contributed by atoms with Crippen molar-refractivity contribution in [2.24, 2.45) is 4.99 Å². The molecule has 2 aliphatic heterocycles. The molecule has 0 spiro atoms. The van der Waals surface area contributed by atoms with Crippen LogP contribution in [0.2, 0.25) is 0 Å². The predicted molar refractivity (Wildman–Crippen MR) is 124 cm³/mol. The molecule has 0 saturated carbocycles. The Morgan fingerprint density at radius 1 is 1.10 bits per heavy atom. The number of thioether (sulfide) groups is 1. The van der Waals surface area contributed by atoms with Gasteiger partial charge in [0, 0.05) is 11.4 Å². The average molecular weight is 444 g/mol. The molecule has 158 valence electrons. The monoisotopic (exact) mass is 443 g/mol. The van der Waals surface area contributed by atoms with Crippen LogP contribution in [-0.4, -0.2) is 48.8 Å². The maximum absolute atomic E-state index is 12.6. The summed E-state index contributed by atoms with van der Waals surface area (Å²) in [4.78, 5) is 19.3. The van der Waals surface area contributed by atoms with Crippen LogP contribution in [-0.2, 0) is 14.6 Å². The van der Waals surface area contributed by atoms with Crippen LogP contribution >= 0.6 is 11.8 Å². The molecule has 4 rings (SSSR count). The Hall–Kier alpha value is -2.32. The van der Waals surface area contributed by atoms with E-state index >= 15 is 0 Å². The van der Waals surface area contributed by atoms with Gasteiger partial charge in [0.1, 0.15) is 0 Å². The number of carbonyl (C=O) groups is 1. The van der Waals surface area contributed by atoms with E-state index in [-0.39, 0.29) is 35.2 Å². The highest BCUT2D eigenvalue weighted by Gasteiger charge is 2.47. The van der Waals surface area contributed by atoms with Gasteiger partial charge in [-0.3, -0.25) is 9.79 Å². The van der Waals surface area contributed by atoms with Crippen LogP contribution in [0.25, 0.3) is 0 Å². The number of para-hydroxylation sites is 1. The van der Waals surface area contributed by atoms with Gasteiger partial charge in [-0.1, -0.05) is 47.7 Å². The van der Waals surface area contributed by atoms with Gasteiger partial charge in [-0.2, -0.15) is 0 Å². The molecule has 1 saturated heterocycles. The third-order valence-corrected chi connectivity index (χ3v) is 8.16. The maximum atomic E-state index is 12.6. The van der Waals surface area contributed by atoms with Crippen molar-refractivity contribution in [3.63, 3.8) is 0 Å². The standard InChI is InChI=1S/C22H25N3O3S2/c1-14-7-9-17(10-8-14)25-19-13-30(27,28)12-18(19)23-22(25)29-11-20(26)24-21-15(2)5-4-6-16(21)3/h4-10,18-19H,11-13H2,1-3H3,(H,24,26)/t18-,19+/m0/s1. The minimum Gasteiger partial charge on any atom is -0.325 e. The number of amidine groups is 1. The molecule has 8 heteroatoms. The first-order valence-electron chi connectivity index (χ1n) is 9.86. The summed E-state index contributed by atoms with van der Waals surface area (Å²) < 4.78 is 24.3. The van der Waals surface area contributed by atoms with Crippen molar-refractivity contribution in [2.45, 2.75) is 32.9 Å². The summed E-state index contributed by atoms with van der Waals surface area (Å²) in [6.07, 6.45) is 0. The van der Waals surface area contributed by atoms with Crippen LogP contribution in [0.4, 0.5) is 11.4 Å². The molecular formula is C22H25N3O3S2. The number of sulfone groups is 1. The molecule has 1 fully saturated rings. The lowest BCUT2D eigenvalue weighted by Crippen LogP contribution is -2.39. The normalized spacial score (nSPS) is 22.0. The molecule has 0 radical (unpaired) electrons. The van der Waals surface area contributed by atoms with Crippen LogP contribution in [0.15, 0.2) is 47.5 Å². The number of nitrogens with zero attached hydrogens (tertiary/aromatic N) is 2. The fourth-order valence-electron chi connectivity index (χ4n) is 3.96. The van der Waals surface area contributed by atoms with E-state index in [9.17, 15) is 13.2 Å². The number of aryl methyl sites for hydroxylation is 3. The van der Waals surface area contributed by atoms with E-state index in [1.165, 1.54) is 11.8 Å². The van der Waals surface area contributed by atoms with Crippen LogP contribution in [0, 0.1) is 20.8 Å². The molecule has 0 aromatic heterocycles. The smallest absolute Gasteiger partial charge is 0.234 e. The summed E-state index contributed by atoms with van der Waals surface area (Å²) in [5.74, 6) is 0.265. The summed E-state index contributed by atoms with van der Waals surface area (Å²) in [5, 5.41) is 3.71. The Labute approximate surface area is 181 Å². The molecule has 2 aromatic carbocycles. The summed E-state index contributed by atoms with van der Waals surface area (Å²) in [6.45, 7) is 5.95. The number of nitrogens with one attached hydrogen (secondary N) is 1. The van der Waals surface area contributed by atoms with E-state index in [2.05, 4.69) is 10.3 Å². The van der Waals surface area contributed by atoms with E-state index in [0.717, 1.165) is 28.1 Å². The van der Waals surface area contributed by atoms with Crippen LogP contribution in [0.5, 0.6) is 0 Å². The molecule has 0 aliphatic carbocycles. The summed E-state index contributed by atoms with van der Waals surface area (Å²) in [7, 11) is -3.10. The largest absolute Gasteiger partial charge is 0.325 e. The SMILES string of the molecule is Cc1ccc(N2C(SCC(=O)Nc3c(C)cccc3C)=N[C@H]3CS(=O)(=O)C[C@H]32)cc1. The zero-order valence-corrected chi connectivity index (χ0v) is 18.9. The number of hydrogen-bond acceptors (Lipinski definition) is 6. The second-order valence-corrected chi connectivity index (χ2v) is 11.0. The van der Waals surface area contributed by atoms with E-state index in [1.54, 1.807) is 0 Å². The van der Waals surface area contributed by atoms with Gasteiger partial charge in [0.2, 0.25) is 5.91 Å². The Kier molecular flexibility index (Phi) is 5.63. The molecule has 0 unspecified atom stereocenters. The Bertz CT molecular complexity index is 1090. The number of amides is 1. The van der Waals surface area contributed by atoms with Gasteiger partial charge in [0.15, 0.2) is 15.0 Å². The van der Waals surface area contributed by atoms with Crippen LogP contribution in [0.1, 0.15) is 16.7 Å². The first kappa shape index (κ1) is 20.9. The van der Waals surface area contributed by atoms with Crippen molar-refractivity contribution >= 4 is 44.0 Å². The number of fused-ring (bicyclic) bond motifs is 1. The summed E-state index contributed by atoms with van der Waals surface area (Å²) in [5.41, 5.74) is 4.93. The maximum Gasteiger partial charge on any atom is 0.234 e. The molecule has 6 nitrogen and oxygen atoms in total. The number of hydrogen-bond donors (Lipinski definition) is 1. The van der Waals surface area contributed by atoms with Crippen LogP contribution in [0.3, 0.4) is 0 Å². The van der Waals surface area contributed by atoms with Gasteiger partial charge >= 0.3 is 0 Å². The first-order chi connectivity index (χ1) is 14.2. The van der Waals surface area contributed by atoms with Gasteiger partial charge in [-0.05, 0) is 44.0 Å². The zero-order chi connectivity index (χ0) is 21.5. The van der Waals surface area contributed by atoms with Crippen molar-refractivity contribution in [3.05, 3.63) is 59.2 Å². The molecule has 30 heavy (non-hydrogen) atoms. The van der Waals surface area contributed by atoms with Gasteiger partial charge in [0.25, 0.3) is 0 Å².